The van der Waals surface area contributed by atoms with Gasteiger partial charge in [-0.05, 0) is 24.8 Å². The van der Waals surface area contributed by atoms with Crippen LogP contribution in [0.5, 0.6) is 0 Å². The Balaban J connectivity index is 0.00000225. The molecule has 25 heavy (non-hydrogen) atoms. The van der Waals surface area contributed by atoms with E-state index in [1.807, 2.05) is 7.05 Å². The number of ether oxygens (including phenoxy) is 1. The summed E-state index contributed by atoms with van der Waals surface area (Å²) in [4.78, 5) is 6.90. The summed E-state index contributed by atoms with van der Waals surface area (Å²) in [7, 11) is 3.63. The lowest BCUT2D eigenvalue weighted by Crippen LogP contribution is -2.49. The number of guanidine groups is 1. The van der Waals surface area contributed by atoms with Gasteiger partial charge in [0.1, 0.15) is 0 Å². The molecule has 2 N–H and O–H groups in total. The first kappa shape index (κ1) is 20.5. The van der Waals surface area contributed by atoms with Gasteiger partial charge in [-0.1, -0.05) is 30.3 Å². The molecule has 1 aliphatic carbocycles. The van der Waals surface area contributed by atoms with Gasteiger partial charge in [-0.15, -0.1) is 24.0 Å². The van der Waals surface area contributed by atoms with E-state index in [4.69, 9.17) is 4.74 Å². The zero-order valence-electron chi connectivity index (χ0n) is 15.3. The minimum Gasteiger partial charge on any atom is -0.383 e. The normalized spacial score (nSPS) is 24.5. The molecule has 140 valence electrons. The molecule has 1 aliphatic heterocycles. The predicted octanol–water partition coefficient (Wildman–Crippen LogP) is 2.44. The number of nitrogens with zero attached hydrogens (tertiary/aromatic N) is 2. The van der Waals surface area contributed by atoms with Crippen molar-refractivity contribution in [1.82, 2.24) is 15.5 Å². The molecule has 2 fully saturated rings. The lowest BCUT2D eigenvalue weighted by molar-refractivity contribution is 0.128. The fourth-order valence-corrected chi connectivity index (χ4v) is 3.48. The fraction of sp³-hybridized carbons (Fsp3) is 0.632. The van der Waals surface area contributed by atoms with Crippen LogP contribution in [0.25, 0.3) is 0 Å². The van der Waals surface area contributed by atoms with Crippen molar-refractivity contribution in [2.24, 2.45) is 4.99 Å². The average Bonchev–Trinajstić information content (AvgIpc) is 3.40. The molecule has 0 spiro atoms. The minimum absolute atomic E-state index is 0. The van der Waals surface area contributed by atoms with Crippen molar-refractivity contribution in [3.05, 3.63) is 35.9 Å². The molecule has 0 aromatic heterocycles. The Hall–Kier alpha value is -0.860. The molecule has 1 aromatic carbocycles. The van der Waals surface area contributed by atoms with E-state index in [0.717, 1.165) is 45.0 Å². The molecule has 0 amide bonds. The van der Waals surface area contributed by atoms with E-state index in [2.05, 4.69) is 50.9 Å². The van der Waals surface area contributed by atoms with E-state index < -0.39 is 0 Å². The van der Waals surface area contributed by atoms with Crippen LogP contribution < -0.4 is 10.6 Å². The summed E-state index contributed by atoms with van der Waals surface area (Å²) < 4.78 is 5.16. The van der Waals surface area contributed by atoms with Gasteiger partial charge in [0.15, 0.2) is 5.96 Å². The second kappa shape index (κ2) is 10.3. The van der Waals surface area contributed by atoms with Gasteiger partial charge in [0, 0.05) is 51.8 Å². The molecular formula is C19H31IN4O. The highest BCUT2D eigenvalue weighted by Crippen LogP contribution is 2.40. The highest BCUT2D eigenvalue weighted by Gasteiger charge is 2.39. The molecule has 2 unspecified atom stereocenters. The van der Waals surface area contributed by atoms with Crippen LogP contribution in [0.4, 0.5) is 0 Å². The smallest absolute Gasteiger partial charge is 0.191 e. The zero-order valence-corrected chi connectivity index (χ0v) is 17.6. The number of halogens is 1. The van der Waals surface area contributed by atoms with Gasteiger partial charge < -0.3 is 20.3 Å². The third kappa shape index (κ3) is 6.11. The first-order chi connectivity index (χ1) is 11.8. The summed E-state index contributed by atoms with van der Waals surface area (Å²) in [6, 6.07) is 11.8. The number of likely N-dealkylation sites (tertiary alicyclic amines) is 1. The monoisotopic (exact) mass is 458 g/mol. The number of benzene rings is 1. The summed E-state index contributed by atoms with van der Waals surface area (Å²) in [5.74, 6) is 1.58. The highest BCUT2D eigenvalue weighted by atomic mass is 127. The van der Waals surface area contributed by atoms with E-state index in [-0.39, 0.29) is 24.0 Å². The third-order valence-corrected chi connectivity index (χ3v) is 5.10. The maximum absolute atomic E-state index is 5.16. The summed E-state index contributed by atoms with van der Waals surface area (Å²) in [5, 5.41) is 7.19. The lowest BCUT2D eigenvalue weighted by Gasteiger charge is -2.32. The molecule has 0 radical (unpaired) electrons. The molecule has 6 heteroatoms. The number of rotatable bonds is 6. The predicted molar refractivity (Wildman–Crippen MR) is 114 cm³/mol. The van der Waals surface area contributed by atoms with Gasteiger partial charge in [-0.3, -0.25) is 4.99 Å². The number of hydrogen-bond acceptors (Lipinski definition) is 3. The van der Waals surface area contributed by atoms with Crippen LogP contribution in [0.1, 0.15) is 30.7 Å². The van der Waals surface area contributed by atoms with Crippen LogP contribution in [0.2, 0.25) is 0 Å². The quantitative estimate of drug-likeness (QED) is 0.391. The Morgan fingerprint density at radius 3 is 2.56 bits per heavy atom. The Morgan fingerprint density at radius 1 is 1.20 bits per heavy atom. The Morgan fingerprint density at radius 2 is 1.92 bits per heavy atom. The molecule has 1 saturated carbocycles. The van der Waals surface area contributed by atoms with Gasteiger partial charge in [-0.25, -0.2) is 0 Å². The van der Waals surface area contributed by atoms with E-state index in [0.29, 0.717) is 18.0 Å². The maximum atomic E-state index is 5.16. The van der Waals surface area contributed by atoms with Crippen LogP contribution in [-0.4, -0.2) is 63.3 Å². The number of aliphatic imine (C=N–C) groups is 1. The second-order valence-corrected chi connectivity index (χ2v) is 6.83. The Kier molecular flexibility index (Phi) is 8.45. The molecule has 2 aliphatic rings. The SMILES string of the molecule is CN=C(NC1CCN(CCOC)CC1)NC1CC1c1ccccc1.I. The molecular weight excluding hydrogens is 427 g/mol. The molecule has 1 heterocycles. The first-order valence-electron chi connectivity index (χ1n) is 9.06. The third-order valence-electron chi connectivity index (χ3n) is 5.10. The van der Waals surface area contributed by atoms with Gasteiger partial charge in [-0.2, -0.15) is 0 Å². The van der Waals surface area contributed by atoms with Crippen LogP contribution >= 0.6 is 24.0 Å². The van der Waals surface area contributed by atoms with Crippen LogP contribution in [0.3, 0.4) is 0 Å². The van der Waals surface area contributed by atoms with E-state index >= 15 is 0 Å². The van der Waals surface area contributed by atoms with Crippen molar-refractivity contribution in [1.29, 1.82) is 0 Å². The van der Waals surface area contributed by atoms with Crippen molar-refractivity contribution in [3.8, 4) is 0 Å². The fourth-order valence-electron chi connectivity index (χ4n) is 3.48. The molecule has 0 bridgehead atoms. The lowest BCUT2D eigenvalue weighted by atomic mass is 10.1. The second-order valence-electron chi connectivity index (χ2n) is 6.83. The Labute approximate surface area is 168 Å². The van der Waals surface area contributed by atoms with Gasteiger partial charge in [0.05, 0.1) is 6.61 Å². The van der Waals surface area contributed by atoms with Crippen molar-refractivity contribution in [2.75, 3.05) is 40.4 Å². The van der Waals surface area contributed by atoms with Crippen LogP contribution in [0.15, 0.2) is 35.3 Å². The maximum Gasteiger partial charge on any atom is 0.191 e. The van der Waals surface area contributed by atoms with Crippen molar-refractivity contribution in [2.45, 2.75) is 37.3 Å². The molecule has 1 aromatic rings. The van der Waals surface area contributed by atoms with Crippen LogP contribution in [-0.2, 0) is 4.74 Å². The summed E-state index contributed by atoms with van der Waals surface area (Å²) in [6.45, 7) is 4.13. The topological polar surface area (TPSA) is 48.9 Å². The number of piperidine rings is 1. The molecule has 3 rings (SSSR count). The van der Waals surface area contributed by atoms with Gasteiger partial charge >= 0.3 is 0 Å². The van der Waals surface area contributed by atoms with Crippen molar-refractivity contribution in [3.63, 3.8) is 0 Å². The van der Waals surface area contributed by atoms with Crippen LogP contribution in [0, 0.1) is 0 Å². The zero-order chi connectivity index (χ0) is 16.8. The standard InChI is InChI=1S/C19H30N4O.HI/c1-20-19(21-16-8-10-23(11-9-16)12-13-24-2)22-18-14-17(18)15-6-4-3-5-7-15;/h3-7,16-18H,8-14H2,1-2H3,(H2,20,21,22);1H. The summed E-state index contributed by atoms with van der Waals surface area (Å²) >= 11 is 0. The van der Waals surface area contributed by atoms with Crippen molar-refractivity contribution >= 4 is 29.9 Å². The van der Waals surface area contributed by atoms with E-state index in [9.17, 15) is 0 Å². The first-order valence-corrected chi connectivity index (χ1v) is 9.06. The number of hydrogen-bond donors (Lipinski definition) is 2. The molecule has 2 atom stereocenters. The van der Waals surface area contributed by atoms with Crippen molar-refractivity contribution < 1.29 is 4.74 Å². The van der Waals surface area contributed by atoms with Gasteiger partial charge in [0.2, 0.25) is 0 Å². The van der Waals surface area contributed by atoms with E-state index in [1.54, 1.807) is 7.11 Å². The molecule has 1 saturated heterocycles. The Bertz CT molecular complexity index is 531. The average molecular weight is 458 g/mol. The largest absolute Gasteiger partial charge is 0.383 e. The summed E-state index contributed by atoms with van der Waals surface area (Å²) in [5.41, 5.74) is 1.43. The van der Waals surface area contributed by atoms with E-state index in [1.165, 1.54) is 12.0 Å². The minimum atomic E-state index is 0. The molecule has 5 nitrogen and oxygen atoms in total. The summed E-state index contributed by atoms with van der Waals surface area (Å²) in [6.07, 6.45) is 3.52. The number of nitrogens with one attached hydrogen (secondary N) is 2. The highest BCUT2D eigenvalue weighted by molar-refractivity contribution is 14.0. The number of methoxy groups -OCH3 is 1. The van der Waals surface area contributed by atoms with Gasteiger partial charge in [0.25, 0.3) is 0 Å².